The predicted molar refractivity (Wildman–Crippen MR) is 43.7 cm³/mol. The number of rotatable bonds is 2. The van der Waals surface area contributed by atoms with Gasteiger partial charge in [-0.1, -0.05) is 6.07 Å². The normalized spacial score (nSPS) is 12.2. The van der Waals surface area contributed by atoms with E-state index < -0.39 is 17.9 Å². The van der Waals surface area contributed by atoms with Gasteiger partial charge in [0.1, 0.15) is 17.7 Å². The van der Waals surface area contributed by atoms with Crippen LogP contribution in [0.2, 0.25) is 0 Å². The Kier molecular flexibility index (Phi) is 2.97. The Labute approximate surface area is 74.8 Å². The van der Waals surface area contributed by atoms with Crippen LogP contribution in [0.4, 0.5) is 4.39 Å². The molecular weight excluding hydrogens is 175 g/mol. The Morgan fingerprint density at radius 3 is 2.85 bits per heavy atom. The van der Waals surface area contributed by atoms with E-state index in [-0.39, 0.29) is 5.75 Å². The molecule has 0 bridgehead atoms. The fraction of sp³-hybridized carbons (Fsp3) is 0.222. The van der Waals surface area contributed by atoms with E-state index in [2.05, 4.69) is 4.74 Å². The van der Waals surface area contributed by atoms with Crippen LogP contribution in [0.3, 0.4) is 0 Å². The van der Waals surface area contributed by atoms with Crippen LogP contribution in [-0.4, -0.2) is 17.2 Å². The summed E-state index contributed by atoms with van der Waals surface area (Å²) in [6.07, 6.45) is -1.21. The van der Waals surface area contributed by atoms with E-state index >= 15 is 0 Å². The van der Waals surface area contributed by atoms with Crippen LogP contribution in [0, 0.1) is 5.82 Å². The molecule has 0 radical (unpaired) electrons. The summed E-state index contributed by atoms with van der Waals surface area (Å²) >= 11 is 0. The molecule has 1 unspecified atom stereocenters. The number of hydrogen-bond acceptors (Lipinski definition) is 3. The number of aliphatic hydroxyl groups excluding tert-OH is 1. The van der Waals surface area contributed by atoms with Gasteiger partial charge in [0.25, 0.3) is 0 Å². The fourth-order valence-electron chi connectivity index (χ4n) is 0.732. The van der Waals surface area contributed by atoms with Crippen LogP contribution in [-0.2, 0) is 4.79 Å². The van der Waals surface area contributed by atoms with Crippen LogP contribution in [0.25, 0.3) is 0 Å². The van der Waals surface area contributed by atoms with Gasteiger partial charge >= 0.3 is 5.97 Å². The van der Waals surface area contributed by atoms with Crippen molar-refractivity contribution in [3.63, 3.8) is 0 Å². The first-order chi connectivity index (χ1) is 6.09. The third-order valence-corrected chi connectivity index (χ3v) is 1.36. The van der Waals surface area contributed by atoms with E-state index in [9.17, 15) is 9.18 Å². The molecule has 0 spiro atoms. The van der Waals surface area contributed by atoms with Crippen molar-refractivity contribution in [3.05, 3.63) is 30.1 Å². The molecule has 13 heavy (non-hydrogen) atoms. The van der Waals surface area contributed by atoms with Gasteiger partial charge in [-0.2, -0.15) is 0 Å². The minimum absolute atomic E-state index is 0.0888. The van der Waals surface area contributed by atoms with Gasteiger partial charge in [0, 0.05) is 6.07 Å². The van der Waals surface area contributed by atoms with Crippen molar-refractivity contribution in [2.45, 2.75) is 13.0 Å². The number of benzene rings is 1. The maximum Gasteiger partial charge on any atom is 0.340 e. The molecule has 0 heterocycles. The second-order valence-electron chi connectivity index (χ2n) is 2.55. The Hall–Kier alpha value is -1.42. The molecule has 3 nitrogen and oxygen atoms in total. The Bertz CT molecular complexity index is 309. The highest BCUT2D eigenvalue weighted by Gasteiger charge is 2.11. The molecule has 0 aliphatic heterocycles. The molecule has 70 valence electrons. The molecule has 1 aromatic rings. The number of carbonyl (C=O) groups is 1. The molecule has 1 atom stereocenters. The fourth-order valence-corrected chi connectivity index (χ4v) is 0.732. The quantitative estimate of drug-likeness (QED) is 0.553. The summed E-state index contributed by atoms with van der Waals surface area (Å²) in [4.78, 5) is 10.8. The molecular formula is C9H9FO3. The van der Waals surface area contributed by atoms with Crippen molar-refractivity contribution >= 4 is 5.97 Å². The van der Waals surface area contributed by atoms with E-state index in [4.69, 9.17) is 5.11 Å². The molecule has 4 heteroatoms. The zero-order chi connectivity index (χ0) is 9.84. The molecule has 1 rings (SSSR count). The highest BCUT2D eigenvalue weighted by molar-refractivity contribution is 5.76. The van der Waals surface area contributed by atoms with Crippen molar-refractivity contribution in [2.75, 3.05) is 0 Å². The SMILES string of the molecule is CC(O)C(=O)Oc1cccc(F)c1. The molecule has 0 aromatic heterocycles. The van der Waals surface area contributed by atoms with E-state index in [0.29, 0.717) is 0 Å². The van der Waals surface area contributed by atoms with Gasteiger partial charge in [-0.15, -0.1) is 0 Å². The van der Waals surface area contributed by atoms with Crippen LogP contribution in [0.15, 0.2) is 24.3 Å². The number of carbonyl (C=O) groups excluding carboxylic acids is 1. The third kappa shape index (κ3) is 2.83. The van der Waals surface area contributed by atoms with E-state index in [1.54, 1.807) is 0 Å². The van der Waals surface area contributed by atoms with E-state index in [1.165, 1.54) is 25.1 Å². The molecule has 1 aromatic carbocycles. The van der Waals surface area contributed by atoms with E-state index in [1.807, 2.05) is 0 Å². The summed E-state index contributed by atoms with van der Waals surface area (Å²) in [5.74, 6) is -1.20. The molecule has 0 aliphatic carbocycles. The highest BCUT2D eigenvalue weighted by Crippen LogP contribution is 2.12. The Morgan fingerprint density at radius 2 is 2.31 bits per heavy atom. The summed E-state index contributed by atoms with van der Waals surface area (Å²) in [5.41, 5.74) is 0. The number of ether oxygens (including phenoxy) is 1. The van der Waals surface area contributed by atoms with Gasteiger partial charge < -0.3 is 9.84 Å². The summed E-state index contributed by atoms with van der Waals surface area (Å²) in [5, 5.41) is 8.78. The van der Waals surface area contributed by atoms with Crippen LogP contribution in [0.5, 0.6) is 5.75 Å². The zero-order valence-electron chi connectivity index (χ0n) is 7.03. The molecule has 0 fully saturated rings. The Balaban J connectivity index is 2.69. The lowest BCUT2D eigenvalue weighted by Crippen LogP contribution is -2.22. The van der Waals surface area contributed by atoms with Gasteiger partial charge in [0.15, 0.2) is 0 Å². The average molecular weight is 184 g/mol. The van der Waals surface area contributed by atoms with Crippen LogP contribution < -0.4 is 4.74 Å². The van der Waals surface area contributed by atoms with Crippen LogP contribution in [0.1, 0.15) is 6.92 Å². The minimum atomic E-state index is -1.21. The second-order valence-corrected chi connectivity index (χ2v) is 2.55. The lowest BCUT2D eigenvalue weighted by molar-refractivity contribution is -0.142. The first kappa shape index (κ1) is 9.67. The zero-order valence-corrected chi connectivity index (χ0v) is 7.03. The number of esters is 1. The third-order valence-electron chi connectivity index (χ3n) is 1.36. The van der Waals surface area contributed by atoms with Crippen molar-refractivity contribution in [2.24, 2.45) is 0 Å². The van der Waals surface area contributed by atoms with Gasteiger partial charge in [0.2, 0.25) is 0 Å². The van der Waals surface area contributed by atoms with Gasteiger partial charge in [-0.05, 0) is 19.1 Å². The minimum Gasteiger partial charge on any atom is -0.425 e. The first-order valence-corrected chi connectivity index (χ1v) is 3.75. The molecule has 0 amide bonds. The average Bonchev–Trinajstić information content (AvgIpc) is 2.04. The largest absolute Gasteiger partial charge is 0.425 e. The molecule has 1 N–H and O–H groups in total. The first-order valence-electron chi connectivity index (χ1n) is 3.75. The lowest BCUT2D eigenvalue weighted by atomic mass is 10.3. The van der Waals surface area contributed by atoms with Crippen molar-refractivity contribution in [3.8, 4) is 5.75 Å². The topological polar surface area (TPSA) is 46.5 Å². The predicted octanol–water partition coefficient (Wildman–Crippen LogP) is 1.11. The van der Waals surface area contributed by atoms with Gasteiger partial charge in [-0.3, -0.25) is 0 Å². The summed E-state index contributed by atoms with van der Waals surface area (Å²) < 4.78 is 17.2. The summed E-state index contributed by atoms with van der Waals surface area (Å²) in [6, 6.07) is 5.16. The second kappa shape index (κ2) is 4.00. The highest BCUT2D eigenvalue weighted by atomic mass is 19.1. The summed E-state index contributed by atoms with van der Waals surface area (Å²) in [7, 11) is 0. The molecule has 0 saturated heterocycles. The molecule has 0 saturated carbocycles. The lowest BCUT2D eigenvalue weighted by Gasteiger charge is -2.05. The van der Waals surface area contributed by atoms with Crippen molar-refractivity contribution in [1.29, 1.82) is 0 Å². The Morgan fingerprint density at radius 1 is 1.62 bits per heavy atom. The smallest absolute Gasteiger partial charge is 0.340 e. The van der Waals surface area contributed by atoms with Gasteiger partial charge in [-0.25, -0.2) is 9.18 Å². The van der Waals surface area contributed by atoms with Crippen molar-refractivity contribution in [1.82, 2.24) is 0 Å². The van der Waals surface area contributed by atoms with Crippen molar-refractivity contribution < 1.29 is 19.0 Å². The number of hydrogen-bond donors (Lipinski definition) is 1. The maximum atomic E-state index is 12.6. The summed E-state index contributed by atoms with van der Waals surface area (Å²) in [6.45, 7) is 1.28. The van der Waals surface area contributed by atoms with Crippen LogP contribution >= 0.6 is 0 Å². The monoisotopic (exact) mass is 184 g/mol. The maximum absolute atomic E-state index is 12.6. The van der Waals surface area contributed by atoms with E-state index in [0.717, 1.165) is 6.07 Å². The standard InChI is InChI=1S/C9H9FO3/c1-6(11)9(12)13-8-4-2-3-7(10)5-8/h2-6,11H,1H3. The number of halogens is 1. The van der Waals surface area contributed by atoms with Gasteiger partial charge in [0.05, 0.1) is 0 Å². The number of aliphatic hydroxyl groups is 1. The molecule has 0 aliphatic rings.